The van der Waals surface area contributed by atoms with Gasteiger partial charge >= 0.3 is 0 Å². The van der Waals surface area contributed by atoms with Gasteiger partial charge in [-0.25, -0.2) is 0 Å². The van der Waals surface area contributed by atoms with Crippen LogP contribution in [0.5, 0.6) is 0 Å². The van der Waals surface area contributed by atoms with Gasteiger partial charge in [-0.1, -0.05) is 11.8 Å². The summed E-state index contributed by atoms with van der Waals surface area (Å²) in [4.78, 5) is 34.5. The third-order valence-corrected chi connectivity index (χ3v) is 3.82. The number of ketones is 3. The molecule has 0 aromatic rings. The highest BCUT2D eigenvalue weighted by Gasteiger charge is 2.23. The second-order valence-electron chi connectivity index (χ2n) is 5.31. The molecule has 104 valence electrons. The standard InChI is InChI=1S/C17H18O3/c1-11(18)15-7-3-5-13(15)9-10-14-6-4-8-16(14)17(20)12(2)19/h3-8H2,1-2H3. The monoisotopic (exact) mass is 270 g/mol. The Morgan fingerprint density at radius 1 is 0.800 bits per heavy atom. The lowest BCUT2D eigenvalue weighted by atomic mass is 10.0. The second-order valence-corrected chi connectivity index (χ2v) is 5.31. The molecule has 0 fully saturated rings. The SMILES string of the molecule is CC(=O)C(=O)C1=C(C#CC2=C(C(C)=O)CCC2)CCC1. The smallest absolute Gasteiger partial charge is 0.225 e. The van der Waals surface area contributed by atoms with Crippen molar-refractivity contribution in [2.24, 2.45) is 0 Å². The summed E-state index contributed by atoms with van der Waals surface area (Å²) in [5, 5.41) is 0. The van der Waals surface area contributed by atoms with E-state index in [1.807, 2.05) is 0 Å². The van der Waals surface area contributed by atoms with Crippen molar-refractivity contribution in [3.8, 4) is 11.8 Å². The van der Waals surface area contributed by atoms with Crippen LogP contribution in [0.1, 0.15) is 52.4 Å². The first-order chi connectivity index (χ1) is 9.50. The zero-order valence-corrected chi connectivity index (χ0v) is 12.0. The Labute approximate surface area is 119 Å². The molecule has 0 bridgehead atoms. The van der Waals surface area contributed by atoms with Gasteiger partial charge in [-0.2, -0.15) is 0 Å². The molecule has 0 saturated heterocycles. The molecule has 0 aromatic carbocycles. The molecule has 0 heterocycles. The average Bonchev–Trinajstić information content (AvgIpc) is 3.03. The molecule has 0 radical (unpaired) electrons. The Hall–Kier alpha value is -1.95. The van der Waals surface area contributed by atoms with Gasteiger partial charge in [-0.05, 0) is 45.4 Å². The molecule has 2 aliphatic rings. The van der Waals surface area contributed by atoms with E-state index in [2.05, 4.69) is 11.8 Å². The van der Waals surface area contributed by atoms with Crippen LogP contribution in [0.25, 0.3) is 0 Å². The van der Waals surface area contributed by atoms with Crippen molar-refractivity contribution >= 4 is 17.3 Å². The van der Waals surface area contributed by atoms with Gasteiger partial charge in [0.2, 0.25) is 5.78 Å². The molecule has 0 spiro atoms. The van der Waals surface area contributed by atoms with Crippen molar-refractivity contribution in [2.75, 3.05) is 0 Å². The molecule has 0 saturated carbocycles. The molecule has 20 heavy (non-hydrogen) atoms. The summed E-state index contributed by atoms with van der Waals surface area (Å²) in [5.41, 5.74) is 3.10. The molecule has 0 N–H and O–H groups in total. The van der Waals surface area contributed by atoms with E-state index in [1.54, 1.807) is 6.92 Å². The quantitative estimate of drug-likeness (QED) is 0.585. The second kappa shape index (κ2) is 6.00. The summed E-state index contributed by atoms with van der Waals surface area (Å²) >= 11 is 0. The Balaban J connectivity index is 2.30. The van der Waals surface area contributed by atoms with E-state index >= 15 is 0 Å². The highest BCUT2D eigenvalue weighted by Crippen LogP contribution is 2.28. The molecule has 2 rings (SSSR count). The molecule has 0 aromatic heterocycles. The van der Waals surface area contributed by atoms with Crippen LogP contribution in [0.3, 0.4) is 0 Å². The molecule has 0 unspecified atom stereocenters. The molecule has 0 atom stereocenters. The molecule has 2 aliphatic carbocycles. The number of allylic oxidation sites excluding steroid dienone is 4. The molecular formula is C17H18O3. The predicted octanol–water partition coefficient (Wildman–Crippen LogP) is 2.70. The van der Waals surface area contributed by atoms with Gasteiger partial charge in [-0.3, -0.25) is 14.4 Å². The maximum atomic E-state index is 11.8. The van der Waals surface area contributed by atoms with E-state index in [0.29, 0.717) is 12.0 Å². The number of Topliss-reactive ketones (excluding diaryl/α,β-unsaturated/α-hetero) is 3. The lowest BCUT2D eigenvalue weighted by Gasteiger charge is -1.98. The fourth-order valence-electron chi connectivity index (χ4n) is 2.77. The third kappa shape index (κ3) is 2.96. The summed E-state index contributed by atoms with van der Waals surface area (Å²) in [6.45, 7) is 2.87. The number of hydrogen-bond donors (Lipinski definition) is 0. The summed E-state index contributed by atoms with van der Waals surface area (Å²) in [6, 6.07) is 0. The van der Waals surface area contributed by atoms with Crippen LogP contribution in [0.2, 0.25) is 0 Å². The van der Waals surface area contributed by atoms with E-state index in [9.17, 15) is 14.4 Å². The Morgan fingerprint density at radius 3 is 1.80 bits per heavy atom. The van der Waals surface area contributed by atoms with Crippen LogP contribution >= 0.6 is 0 Å². The first kappa shape index (κ1) is 14.5. The van der Waals surface area contributed by atoms with Crippen molar-refractivity contribution in [1.82, 2.24) is 0 Å². The Kier molecular flexibility index (Phi) is 4.34. The molecule has 3 nitrogen and oxygen atoms in total. The summed E-state index contributed by atoms with van der Waals surface area (Å²) in [6.07, 6.45) is 4.88. The lowest BCUT2D eigenvalue weighted by Crippen LogP contribution is -2.12. The largest absolute Gasteiger partial charge is 0.295 e. The van der Waals surface area contributed by atoms with E-state index < -0.39 is 11.6 Å². The van der Waals surface area contributed by atoms with Gasteiger partial charge in [0.25, 0.3) is 0 Å². The molecule has 0 aliphatic heterocycles. The third-order valence-electron chi connectivity index (χ3n) is 3.82. The number of rotatable bonds is 3. The van der Waals surface area contributed by atoms with E-state index in [1.165, 1.54) is 6.92 Å². The predicted molar refractivity (Wildman–Crippen MR) is 75.9 cm³/mol. The zero-order chi connectivity index (χ0) is 14.7. The van der Waals surface area contributed by atoms with Gasteiger partial charge < -0.3 is 0 Å². The number of carbonyl (C=O) groups excluding carboxylic acids is 3. The number of carbonyl (C=O) groups is 3. The van der Waals surface area contributed by atoms with Gasteiger partial charge in [0, 0.05) is 29.2 Å². The van der Waals surface area contributed by atoms with Crippen molar-refractivity contribution in [1.29, 1.82) is 0 Å². The lowest BCUT2D eigenvalue weighted by molar-refractivity contribution is -0.133. The van der Waals surface area contributed by atoms with E-state index in [4.69, 9.17) is 0 Å². The van der Waals surface area contributed by atoms with Crippen LogP contribution in [0.15, 0.2) is 22.3 Å². The topological polar surface area (TPSA) is 51.2 Å². The maximum absolute atomic E-state index is 11.8. The van der Waals surface area contributed by atoms with E-state index in [0.717, 1.165) is 48.8 Å². The van der Waals surface area contributed by atoms with Crippen LogP contribution in [-0.2, 0) is 14.4 Å². The van der Waals surface area contributed by atoms with E-state index in [-0.39, 0.29) is 5.78 Å². The van der Waals surface area contributed by atoms with Gasteiger partial charge in [0.05, 0.1) is 0 Å². The minimum atomic E-state index is -0.425. The summed E-state index contributed by atoms with van der Waals surface area (Å²) < 4.78 is 0. The maximum Gasteiger partial charge on any atom is 0.225 e. The number of hydrogen-bond acceptors (Lipinski definition) is 3. The summed E-state index contributed by atoms with van der Waals surface area (Å²) in [5.74, 6) is 5.37. The fraction of sp³-hybridized carbons (Fsp3) is 0.471. The molecule has 0 amide bonds. The zero-order valence-electron chi connectivity index (χ0n) is 12.0. The van der Waals surface area contributed by atoms with Crippen LogP contribution in [-0.4, -0.2) is 17.3 Å². The van der Waals surface area contributed by atoms with Crippen LogP contribution in [0, 0.1) is 11.8 Å². The highest BCUT2D eigenvalue weighted by atomic mass is 16.2. The Bertz CT molecular complexity index is 606. The van der Waals surface area contributed by atoms with Crippen molar-refractivity contribution < 1.29 is 14.4 Å². The summed E-state index contributed by atoms with van der Waals surface area (Å²) in [7, 11) is 0. The first-order valence-corrected chi connectivity index (χ1v) is 7.03. The van der Waals surface area contributed by atoms with Gasteiger partial charge in [0.1, 0.15) is 0 Å². The molecule has 3 heteroatoms. The first-order valence-electron chi connectivity index (χ1n) is 7.03. The Morgan fingerprint density at radius 2 is 1.30 bits per heavy atom. The average molecular weight is 270 g/mol. The van der Waals surface area contributed by atoms with Crippen molar-refractivity contribution in [3.05, 3.63) is 22.3 Å². The highest BCUT2D eigenvalue weighted by molar-refractivity contribution is 6.43. The minimum Gasteiger partial charge on any atom is -0.295 e. The van der Waals surface area contributed by atoms with Crippen molar-refractivity contribution in [2.45, 2.75) is 52.4 Å². The minimum absolute atomic E-state index is 0.0900. The molecular weight excluding hydrogens is 252 g/mol. The van der Waals surface area contributed by atoms with Gasteiger partial charge in [0.15, 0.2) is 11.6 Å². The fourth-order valence-corrected chi connectivity index (χ4v) is 2.77. The normalized spacial score (nSPS) is 18.1. The van der Waals surface area contributed by atoms with Crippen LogP contribution < -0.4 is 0 Å². The van der Waals surface area contributed by atoms with Gasteiger partial charge in [-0.15, -0.1) is 0 Å². The van der Waals surface area contributed by atoms with Crippen molar-refractivity contribution in [3.63, 3.8) is 0 Å². The van der Waals surface area contributed by atoms with Crippen LogP contribution in [0.4, 0.5) is 0 Å².